The van der Waals surface area contributed by atoms with Crippen LogP contribution in [0.2, 0.25) is 0 Å². The Morgan fingerprint density at radius 3 is 2.48 bits per heavy atom. The van der Waals surface area contributed by atoms with Crippen LogP contribution in [0.15, 0.2) is 47.5 Å². The first kappa shape index (κ1) is 21.3. The minimum Gasteiger partial charge on any atom is -0.307 e. The highest BCUT2D eigenvalue weighted by molar-refractivity contribution is 7.89. The molecule has 156 valence electrons. The average Bonchev–Trinajstić information content (AvgIpc) is 3.46. The number of amides is 1. The molecule has 0 bridgehead atoms. The Balaban J connectivity index is 1.65. The molecular weight excluding hydrogens is 388 g/mol. The van der Waals surface area contributed by atoms with Crippen molar-refractivity contribution in [1.29, 1.82) is 0 Å². The molecule has 1 saturated carbocycles. The SMILES string of the molecule is CCN(CC)S(=O)(=O)c1ccc(/C=C/C(=O)Nc2ccnn2C(C)C2CC2)cc1. The summed E-state index contributed by atoms with van der Waals surface area (Å²) >= 11 is 0. The van der Waals surface area contributed by atoms with Crippen molar-refractivity contribution in [2.45, 2.75) is 44.6 Å². The number of hydrogen-bond acceptors (Lipinski definition) is 4. The van der Waals surface area contributed by atoms with Crippen LogP contribution in [0.3, 0.4) is 0 Å². The molecule has 0 aliphatic heterocycles. The number of nitrogens with one attached hydrogen (secondary N) is 1. The van der Waals surface area contributed by atoms with E-state index in [1.165, 1.54) is 23.2 Å². The second-order valence-corrected chi connectivity index (χ2v) is 9.16. The highest BCUT2D eigenvalue weighted by Crippen LogP contribution is 2.40. The van der Waals surface area contributed by atoms with Crippen molar-refractivity contribution >= 4 is 27.8 Å². The summed E-state index contributed by atoms with van der Waals surface area (Å²) in [4.78, 5) is 12.5. The molecule has 8 heteroatoms. The minimum absolute atomic E-state index is 0.251. The van der Waals surface area contributed by atoms with E-state index in [0.717, 1.165) is 5.56 Å². The number of rotatable bonds is 9. The van der Waals surface area contributed by atoms with Crippen LogP contribution in [0.25, 0.3) is 6.08 Å². The molecule has 7 nitrogen and oxygen atoms in total. The largest absolute Gasteiger partial charge is 0.307 e. The Labute approximate surface area is 172 Å². The Morgan fingerprint density at radius 1 is 1.24 bits per heavy atom. The van der Waals surface area contributed by atoms with E-state index in [0.29, 0.717) is 24.8 Å². The minimum atomic E-state index is -3.48. The lowest BCUT2D eigenvalue weighted by atomic mass is 10.2. The third-order valence-corrected chi connectivity index (χ3v) is 7.33. The number of benzene rings is 1. The van der Waals surface area contributed by atoms with E-state index in [1.54, 1.807) is 42.6 Å². The molecule has 0 spiro atoms. The quantitative estimate of drug-likeness (QED) is 0.634. The summed E-state index contributed by atoms with van der Waals surface area (Å²) in [5.74, 6) is 1.06. The fraction of sp³-hybridized carbons (Fsp3) is 0.429. The molecule has 1 fully saturated rings. The van der Waals surface area contributed by atoms with Gasteiger partial charge in [-0.25, -0.2) is 13.1 Å². The van der Waals surface area contributed by atoms with Crippen molar-refractivity contribution in [1.82, 2.24) is 14.1 Å². The standard InChI is InChI=1S/C21H28N4O3S/c1-4-24(5-2)29(27,28)19-11-6-17(7-12-19)8-13-21(26)23-20-14-15-22-25(20)16(3)18-9-10-18/h6-8,11-16,18H,4-5,9-10H2,1-3H3,(H,23,26)/b13-8+. The molecule has 1 aliphatic rings. The molecule has 0 saturated heterocycles. The smallest absolute Gasteiger partial charge is 0.249 e. The number of hydrogen-bond donors (Lipinski definition) is 1. The van der Waals surface area contributed by atoms with Crippen LogP contribution in [0.5, 0.6) is 0 Å². The van der Waals surface area contributed by atoms with Gasteiger partial charge < -0.3 is 5.32 Å². The van der Waals surface area contributed by atoms with Crippen LogP contribution in [0.4, 0.5) is 5.82 Å². The number of aromatic nitrogens is 2. The maximum absolute atomic E-state index is 12.5. The van der Waals surface area contributed by atoms with Crippen LogP contribution in [0.1, 0.15) is 45.2 Å². The number of anilines is 1. The summed E-state index contributed by atoms with van der Waals surface area (Å²) in [5, 5.41) is 7.19. The van der Waals surface area contributed by atoms with Gasteiger partial charge in [-0.05, 0) is 49.5 Å². The maximum Gasteiger partial charge on any atom is 0.249 e. The Hall–Kier alpha value is -2.45. The molecule has 1 aromatic carbocycles. The molecule has 1 unspecified atom stereocenters. The lowest BCUT2D eigenvalue weighted by Crippen LogP contribution is -2.30. The average molecular weight is 417 g/mol. The van der Waals surface area contributed by atoms with Crippen molar-refractivity contribution in [2.75, 3.05) is 18.4 Å². The molecular formula is C21H28N4O3S. The number of nitrogens with zero attached hydrogens (tertiary/aromatic N) is 3. The highest BCUT2D eigenvalue weighted by Gasteiger charge is 2.30. The van der Waals surface area contributed by atoms with Crippen LogP contribution in [0, 0.1) is 5.92 Å². The molecule has 3 rings (SSSR count). The second kappa shape index (κ2) is 8.92. The third-order valence-electron chi connectivity index (χ3n) is 5.26. The molecule has 0 radical (unpaired) electrons. The monoisotopic (exact) mass is 416 g/mol. The summed E-state index contributed by atoms with van der Waals surface area (Å²) in [7, 11) is -3.48. The van der Waals surface area contributed by atoms with Crippen LogP contribution in [-0.4, -0.2) is 41.5 Å². The van der Waals surface area contributed by atoms with Gasteiger partial charge in [-0.1, -0.05) is 26.0 Å². The van der Waals surface area contributed by atoms with Gasteiger partial charge in [0.2, 0.25) is 15.9 Å². The molecule has 1 aromatic heterocycles. The van der Waals surface area contributed by atoms with E-state index >= 15 is 0 Å². The molecule has 2 aromatic rings. The van der Waals surface area contributed by atoms with Crippen molar-refractivity contribution < 1.29 is 13.2 Å². The third kappa shape index (κ3) is 4.94. The molecule has 29 heavy (non-hydrogen) atoms. The highest BCUT2D eigenvalue weighted by atomic mass is 32.2. The lowest BCUT2D eigenvalue weighted by Gasteiger charge is -2.18. The predicted molar refractivity (Wildman–Crippen MR) is 114 cm³/mol. The summed E-state index contributed by atoms with van der Waals surface area (Å²) < 4.78 is 28.3. The van der Waals surface area contributed by atoms with Gasteiger partial charge in [0.05, 0.1) is 17.1 Å². The van der Waals surface area contributed by atoms with E-state index in [1.807, 2.05) is 18.5 Å². The molecule has 1 heterocycles. The zero-order valence-electron chi connectivity index (χ0n) is 17.1. The number of carbonyl (C=O) groups is 1. The second-order valence-electron chi connectivity index (χ2n) is 7.22. The zero-order chi connectivity index (χ0) is 21.0. The van der Waals surface area contributed by atoms with E-state index < -0.39 is 10.0 Å². The fourth-order valence-electron chi connectivity index (χ4n) is 3.32. The van der Waals surface area contributed by atoms with Gasteiger partial charge in [0.25, 0.3) is 0 Å². The van der Waals surface area contributed by atoms with E-state index in [2.05, 4.69) is 17.3 Å². The first-order valence-corrected chi connectivity index (χ1v) is 11.4. The van der Waals surface area contributed by atoms with Crippen LogP contribution < -0.4 is 5.32 Å². The van der Waals surface area contributed by atoms with Gasteiger partial charge in [0.1, 0.15) is 5.82 Å². The fourth-order valence-corrected chi connectivity index (χ4v) is 4.78. The first-order chi connectivity index (χ1) is 13.9. The Kier molecular flexibility index (Phi) is 6.54. The van der Waals surface area contributed by atoms with Crippen molar-refractivity contribution in [3.8, 4) is 0 Å². The van der Waals surface area contributed by atoms with Gasteiger partial charge in [-0.15, -0.1) is 0 Å². The van der Waals surface area contributed by atoms with Gasteiger partial charge in [-0.2, -0.15) is 9.40 Å². The van der Waals surface area contributed by atoms with Crippen molar-refractivity contribution in [3.05, 3.63) is 48.2 Å². The number of sulfonamides is 1. The first-order valence-electron chi connectivity index (χ1n) is 9.99. The summed E-state index contributed by atoms with van der Waals surface area (Å²) in [6, 6.07) is 8.58. The van der Waals surface area contributed by atoms with Gasteiger partial charge in [0.15, 0.2) is 0 Å². The summed E-state index contributed by atoms with van der Waals surface area (Å²) in [6.45, 7) is 6.60. The number of carbonyl (C=O) groups excluding carboxylic acids is 1. The molecule has 1 atom stereocenters. The van der Waals surface area contributed by atoms with Crippen molar-refractivity contribution in [2.24, 2.45) is 5.92 Å². The summed E-state index contributed by atoms with van der Waals surface area (Å²) in [5.41, 5.74) is 0.749. The van der Waals surface area contributed by atoms with E-state index in [4.69, 9.17) is 0 Å². The van der Waals surface area contributed by atoms with Gasteiger partial charge in [0, 0.05) is 25.2 Å². The van der Waals surface area contributed by atoms with Crippen LogP contribution in [-0.2, 0) is 14.8 Å². The lowest BCUT2D eigenvalue weighted by molar-refractivity contribution is -0.111. The Morgan fingerprint density at radius 2 is 1.90 bits per heavy atom. The molecule has 1 N–H and O–H groups in total. The topological polar surface area (TPSA) is 84.3 Å². The van der Waals surface area contributed by atoms with E-state index in [-0.39, 0.29) is 16.8 Å². The predicted octanol–water partition coefficient (Wildman–Crippen LogP) is 3.54. The Bertz CT molecular complexity index is 972. The van der Waals surface area contributed by atoms with Crippen molar-refractivity contribution in [3.63, 3.8) is 0 Å². The maximum atomic E-state index is 12.5. The normalized spacial score (nSPS) is 15.7. The molecule has 1 amide bonds. The zero-order valence-corrected chi connectivity index (χ0v) is 17.9. The molecule has 1 aliphatic carbocycles. The van der Waals surface area contributed by atoms with Gasteiger partial charge in [-0.3, -0.25) is 4.79 Å². The van der Waals surface area contributed by atoms with Crippen LogP contribution >= 0.6 is 0 Å². The van der Waals surface area contributed by atoms with E-state index in [9.17, 15) is 13.2 Å². The van der Waals surface area contributed by atoms with Gasteiger partial charge >= 0.3 is 0 Å². The summed E-state index contributed by atoms with van der Waals surface area (Å²) in [6.07, 6.45) is 7.19.